The van der Waals surface area contributed by atoms with Crippen LogP contribution >= 0.6 is 0 Å². The van der Waals surface area contributed by atoms with E-state index >= 15 is 0 Å². The molecule has 0 spiro atoms. The molecule has 0 bridgehead atoms. The fourth-order valence-electron chi connectivity index (χ4n) is 0.943. The molecule has 0 aliphatic rings. The molecule has 1 aromatic carbocycles. The molecule has 0 fully saturated rings. The summed E-state index contributed by atoms with van der Waals surface area (Å²) in [6.45, 7) is 0.749. The second kappa shape index (κ2) is 5.25. The molecule has 14 heavy (non-hydrogen) atoms. The molecule has 0 amide bonds. The third-order valence-corrected chi connectivity index (χ3v) is 1.64. The molecule has 3 heteroatoms. The lowest BCUT2D eigenvalue weighted by Crippen LogP contribution is -2.05. The normalized spacial score (nSPS) is 9.50. The van der Waals surface area contributed by atoms with E-state index in [-0.39, 0.29) is 5.75 Å². The maximum absolute atomic E-state index is 13.2. The molecule has 0 saturated heterocycles. The Balaban J connectivity index is 2.65. The highest BCUT2D eigenvalue weighted by Crippen LogP contribution is 2.17. The van der Waals surface area contributed by atoms with Gasteiger partial charge in [0.1, 0.15) is 6.61 Å². The van der Waals surface area contributed by atoms with Crippen LogP contribution < -0.4 is 4.74 Å². The third kappa shape index (κ3) is 2.75. The summed E-state index contributed by atoms with van der Waals surface area (Å²) in [4.78, 5) is 0. The van der Waals surface area contributed by atoms with Gasteiger partial charge >= 0.3 is 0 Å². The van der Waals surface area contributed by atoms with Crippen molar-refractivity contribution in [2.24, 2.45) is 0 Å². The van der Waals surface area contributed by atoms with Crippen LogP contribution in [0.15, 0.2) is 18.2 Å². The molecule has 0 aliphatic carbocycles. The summed E-state index contributed by atoms with van der Waals surface area (Å²) >= 11 is 0. The van der Waals surface area contributed by atoms with Crippen LogP contribution in [0.3, 0.4) is 0 Å². The van der Waals surface area contributed by atoms with Gasteiger partial charge in [0.25, 0.3) is 0 Å². The van der Waals surface area contributed by atoms with E-state index in [9.17, 15) is 4.39 Å². The summed E-state index contributed by atoms with van der Waals surface area (Å²) in [7, 11) is 1.56. The summed E-state index contributed by atoms with van der Waals surface area (Å²) in [5.74, 6) is 2.09. The molecule has 0 heterocycles. The summed E-state index contributed by atoms with van der Waals surface area (Å²) in [6.07, 6.45) is 5.11. The highest BCUT2D eigenvalue weighted by molar-refractivity contribution is 5.37. The van der Waals surface area contributed by atoms with Crippen LogP contribution in [0.2, 0.25) is 0 Å². The molecule has 1 aromatic rings. The first-order valence-corrected chi connectivity index (χ1v) is 4.16. The molecule has 0 unspecified atom stereocenters. The second-order valence-corrected chi connectivity index (χ2v) is 2.63. The van der Waals surface area contributed by atoms with Crippen molar-refractivity contribution in [2.45, 2.75) is 0 Å². The zero-order valence-electron chi connectivity index (χ0n) is 7.92. The molecular formula is C11H11FO2. The fraction of sp³-hybridized carbons (Fsp3) is 0.273. The van der Waals surface area contributed by atoms with Crippen LogP contribution in [0.25, 0.3) is 0 Å². The summed E-state index contributed by atoms with van der Waals surface area (Å²) in [5.41, 5.74) is 0.501. The minimum absolute atomic E-state index is 0.195. The first kappa shape index (κ1) is 10.6. The van der Waals surface area contributed by atoms with Crippen LogP contribution in [-0.4, -0.2) is 20.3 Å². The lowest BCUT2D eigenvalue weighted by molar-refractivity contribution is 0.144. The van der Waals surface area contributed by atoms with Gasteiger partial charge in [0.05, 0.1) is 6.61 Å². The van der Waals surface area contributed by atoms with E-state index in [1.807, 2.05) is 0 Å². The fourth-order valence-corrected chi connectivity index (χ4v) is 0.943. The minimum Gasteiger partial charge on any atom is -0.488 e. The van der Waals surface area contributed by atoms with Gasteiger partial charge in [-0.1, -0.05) is 5.92 Å². The number of ether oxygens (including phenoxy) is 2. The van der Waals surface area contributed by atoms with Gasteiger partial charge in [0.2, 0.25) is 0 Å². The van der Waals surface area contributed by atoms with Gasteiger partial charge in [0, 0.05) is 12.7 Å². The molecule has 74 valence electrons. The lowest BCUT2D eigenvalue weighted by Gasteiger charge is -2.06. The van der Waals surface area contributed by atoms with E-state index < -0.39 is 5.82 Å². The molecule has 0 atom stereocenters. The maximum Gasteiger partial charge on any atom is 0.166 e. The predicted octanol–water partition coefficient (Wildman–Crippen LogP) is 1.83. The van der Waals surface area contributed by atoms with Gasteiger partial charge in [0.15, 0.2) is 11.6 Å². The number of halogens is 1. The van der Waals surface area contributed by atoms with Crippen molar-refractivity contribution in [2.75, 3.05) is 20.3 Å². The number of hydrogen-bond donors (Lipinski definition) is 0. The van der Waals surface area contributed by atoms with Gasteiger partial charge in [-0.15, -0.1) is 6.42 Å². The first-order chi connectivity index (χ1) is 6.77. The Hall–Kier alpha value is -1.53. The molecule has 0 aliphatic heterocycles. The topological polar surface area (TPSA) is 18.5 Å². The number of benzene rings is 1. The maximum atomic E-state index is 13.2. The Bertz CT molecular complexity index is 342. The van der Waals surface area contributed by atoms with Crippen molar-refractivity contribution < 1.29 is 13.9 Å². The second-order valence-electron chi connectivity index (χ2n) is 2.63. The van der Waals surface area contributed by atoms with Crippen molar-refractivity contribution in [3.8, 4) is 18.1 Å². The minimum atomic E-state index is -0.448. The average Bonchev–Trinajstić information content (AvgIpc) is 2.20. The van der Waals surface area contributed by atoms with Gasteiger partial charge in [-0.05, 0) is 18.2 Å². The average molecular weight is 194 g/mol. The van der Waals surface area contributed by atoms with E-state index in [1.165, 1.54) is 12.1 Å². The Morgan fingerprint density at radius 1 is 1.43 bits per heavy atom. The zero-order chi connectivity index (χ0) is 10.4. The van der Waals surface area contributed by atoms with Crippen LogP contribution in [0, 0.1) is 18.2 Å². The van der Waals surface area contributed by atoms with Crippen LogP contribution in [0.4, 0.5) is 4.39 Å². The van der Waals surface area contributed by atoms with Crippen molar-refractivity contribution in [3.05, 3.63) is 29.6 Å². The highest BCUT2D eigenvalue weighted by Gasteiger charge is 2.02. The number of terminal acetylenes is 1. The first-order valence-electron chi connectivity index (χ1n) is 4.16. The van der Waals surface area contributed by atoms with E-state index in [0.29, 0.717) is 18.8 Å². The van der Waals surface area contributed by atoms with E-state index in [4.69, 9.17) is 15.9 Å². The molecule has 0 radical (unpaired) electrons. The summed E-state index contributed by atoms with van der Waals surface area (Å²) < 4.78 is 23.1. The Morgan fingerprint density at radius 2 is 2.21 bits per heavy atom. The SMILES string of the molecule is C#Cc1ccc(OCCOC)c(F)c1. The molecule has 0 aromatic heterocycles. The highest BCUT2D eigenvalue weighted by atomic mass is 19.1. The van der Waals surface area contributed by atoms with Crippen molar-refractivity contribution >= 4 is 0 Å². The quantitative estimate of drug-likeness (QED) is 0.537. The van der Waals surface area contributed by atoms with Crippen LogP contribution in [-0.2, 0) is 4.74 Å². The van der Waals surface area contributed by atoms with Crippen molar-refractivity contribution in [3.63, 3.8) is 0 Å². The van der Waals surface area contributed by atoms with Crippen LogP contribution in [0.1, 0.15) is 5.56 Å². The monoisotopic (exact) mass is 194 g/mol. The van der Waals surface area contributed by atoms with Crippen LogP contribution in [0.5, 0.6) is 5.75 Å². The standard InChI is InChI=1S/C11H11FO2/c1-3-9-4-5-11(10(12)8-9)14-7-6-13-2/h1,4-5,8H,6-7H2,2H3. The van der Waals surface area contributed by atoms with Crippen molar-refractivity contribution in [1.82, 2.24) is 0 Å². The number of methoxy groups -OCH3 is 1. The van der Waals surface area contributed by atoms with Gasteiger partial charge in [-0.2, -0.15) is 0 Å². The van der Waals surface area contributed by atoms with E-state index in [1.54, 1.807) is 13.2 Å². The van der Waals surface area contributed by atoms with Gasteiger partial charge in [-0.3, -0.25) is 0 Å². The third-order valence-electron chi connectivity index (χ3n) is 1.64. The molecular weight excluding hydrogens is 183 g/mol. The van der Waals surface area contributed by atoms with Crippen molar-refractivity contribution in [1.29, 1.82) is 0 Å². The Morgan fingerprint density at radius 3 is 2.79 bits per heavy atom. The van der Waals surface area contributed by atoms with E-state index in [0.717, 1.165) is 0 Å². The molecule has 0 N–H and O–H groups in total. The Kier molecular flexibility index (Phi) is 3.96. The zero-order valence-corrected chi connectivity index (χ0v) is 7.92. The molecule has 0 saturated carbocycles. The van der Waals surface area contributed by atoms with E-state index in [2.05, 4.69) is 5.92 Å². The Labute approximate surface area is 82.6 Å². The molecule has 2 nitrogen and oxygen atoms in total. The van der Waals surface area contributed by atoms with Gasteiger partial charge < -0.3 is 9.47 Å². The molecule has 1 rings (SSSR count). The summed E-state index contributed by atoms with van der Waals surface area (Å²) in [6, 6.07) is 4.41. The number of rotatable bonds is 4. The number of hydrogen-bond acceptors (Lipinski definition) is 2. The largest absolute Gasteiger partial charge is 0.488 e. The predicted molar refractivity (Wildman–Crippen MR) is 51.7 cm³/mol. The van der Waals surface area contributed by atoms with Gasteiger partial charge in [-0.25, -0.2) is 4.39 Å². The summed E-state index contributed by atoms with van der Waals surface area (Å²) in [5, 5.41) is 0. The smallest absolute Gasteiger partial charge is 0.166 e. The lowest BCUT2D eigenvalue weighted by atomic mass is 10.2.